The van der Waals surface area contributed by atoms with Gasteiger partial charge in [-0.3, -0.25) is 9.89 Å². The number of benzene rings is 3. The lowest BCUT2D eigenvalue weighted by Gasteiger charge is -2.36. The number of rotatable bonds is 9. The molecular formula is C31H38N2O4Si. The van der Waals surface area contributed by atoms with Crippen molar-refractivity contribution < 1.29 is 14.6 Å². The normalized spacial score (nSPS) is 21.7. The standard InChI is InChI=1S/C31H38N2O4Si/c1-21-28(37-29(19-20-34)30(21)38(3,4)25-16-14-24(36-2)15-17-25)18-11-22-9-12-23(13-10-22)33-31(35)26-7-5-6-8-27(26)32-33/h5-10,12-17,21,28-30,32,34H,11,18-20H2,1-4H3/t21-,28+,29-,30+/m1/s1. The summed E-state index contributed by atoms with van der Waals surface area (Å²) in [4.78, 5) is 12.8. The van der Waals surface area contributed by atoms with Crippen LogP contribution in [-0.2, 0) is 11.2 Å². The minimum atomic E-state index is -1.89. The van der Waals surface area contributed by atoms with Crippen molar-refractivity contribution in [2.45, 2.75) is 57.0 Å². The summed E-state index contributed by atoms with van der Waals surface area (Å²) in [5.74, 6) is 1.28. The molecular weight excluding hydrogens is 492 g/mol. The summed E-state index contributed by atoms with van der Waals surface area (Å²) in [6, 6.07) is 24.3. The number of aliphatic hydroxyl groups excluding tert-OH is 1. The molecule has 0 unspecified atom stereocenters. The fourth-order valence-corrected chi connectivity index (χ4v) is 10.5. The number of fused-ring (bicyclic) bond motifs is 1. The Morgan fingerprint density at radius 2 is 1.68 bits per heavy atom. The van der Waals surface area contributed by atoms with Crippen LogP contribution in [0.5, 0.6) is 5.75 Å². The van der Waals surface area contributed by atoms with Crippen LogP contribution in [0.2, 0.25) is 18.6 Å². The van der Waals surface area contributed by atoms with Crippen LogP contribution in [0.15, 0.2) is 77.6 Å². The maximum atomic E-state index is 12.8. The summed E-state index contributed by atoms with van der Waals surface area (Å²) in [6.07, 6.45) is 2.72. The summed E-state index contributed by atoms with van der Waals surface area (Å²) >= 11 is 0. The number of hydrogen-bond donors (Lipinski definition) is 2. The third-order valence-electron chi connectivity index (χ3n) is 8.49. The zero-order chi connectivity index (χ0) is 26.9. The van der Waals surface area contributed by atoms with E-state index in [2.05, 4.69) is 61.5 Å². The minimum Gasteiger partial charge on any atom is -0.497 e. The molecule has 2 N–H and O–H groups in total. The van der Waals surface area contributed by atoms with Gasteiger partial charge in [0.25, 0.3) is 5.56 Å². The molecule has 6 nitrogen and oxygen atoms in total. The molecule has 1 aliphatic rings. The van der Waals surface area contributed by atoms with Gasteiger partial charge in [0.15, 0.2) is 0 Å². The molecule has 38 heavy (non-hydrogen) atoms. The maximum Gasteiger partial charge on any atom is 0.279 e. The zero-order valence-corrected chi connectivity index (χ0v) is 23.7. The molecule has 4 atom stereocenters. The van der Waals surface area contributed by atoms with Gasteiger partial charge in [0.05, 0.1) is 44.0 Å². The van der Waals surface area contributed by atoms with Crippen LogP contribution in [0.25, 0.3) is 16.6 Å². The van der Waals surface area contributed by atoms with E-state index in [1.54, 1.807) is 11.8 Å². The third-order valence-corrected chi connectivity index (χ3v) is 12.9. The van der Waals surface area contributed by atoms with Gasteiger partial charge in [-0.1, -0.05) is 61.6 Å². The van der Waals surface area contributed by atoms with E-state index in [1.165, 1.54) is 10.8 Å². The highest BCUT2D eigenvalue weighted by molar-refractivity contribution is 6.91. The van der Waals surface area contributed by atoms with E-state index in [9.17, 15) is 9.90 Å². The summed E-state index contributed by atoms with van der Waals surface area (Å²) in [5, 5.41) is 15.1. The van der Waals surface area contributed by atoms with Crippen LogP contribution in [-0.4, -0.2) is 48.9 Å². The number of nitrogens with zero attached hydrogens (tertiary/aromatic N) is 1. The molecule has 3 aromatic carbocycles. The van der Waals surface area contributed by atoms with Crippen LogP contribution >= 0.6 is 0 Å². The van der Waals surface area contributed by atoms with Crippen molar-refractivity contribution in [1.29, 1.82) is 0 Å². The number of aromatic nitrogens is 2. The molecule has 1 saturated heterocycles. The van der Waals surface area contributed by atoms with Crippen molar-refractivity contribution in [2.24, 2.45) is 5.92 Å². The topological polar surface area (TPSA) is 76.5 Å². The van der Waals surface area contributed by atoms with Gasteiger partial charge in [0, 0.05) is 6.61 Å². The second-order valence-electron chi connectivity index (χ2n) is 11.1. The summed E-state index contributed by atoms with van der Waals surface area (Å²) in [7, 11) is -0.192. The second-order valence-corrected chi connectivity index (χ2v) is 15.8. The maximum absolute atomic E-state index is 12.8. The molecule has 0 saturated carbocycles. The van der Waals surface area contributed by atoms with Crippen molar-refractivity contribution >= 4 is 24.2 Å². The molecule has 7 heteroatoms. The van der Waals surface area contributed by atoms with E-state index < -0.39 is 8.07 Å². The number of nitrogens with one attached hydrogen (secondary N) is 1. The number of ether oxygens (including phenoxy) is 2. The zero-order valence-electron chi connectivity index (χ0n) is 22.7. The number of aromatic amines is 1. The highest BCUT2D eigenvalue weighted by Gasteiger charge is 2.50. The van der Waals surface area contributed by atoms with Crippen molar-refractivity contribution in [1.82, 2.24) is 9.78 Å². The first-order valence-corrected chi connectivity index (χ1v) is 16.6. The Morgan fingerprint density at radius 3 is 2.34 bits per heavy atom. The average molecular weight is 531 g/mol. The number of hydrogen-bond acceptors (Lipinski definition) is 4. The molecule has 2 heterocycles. The van der Waals surface area contributed by atoms with Gasteiger partial charge in [-0.15, -0.1) is 0 Å². The molecule has 5 rings (SSSR count). The Balaban J connectivity index is 1.29. The minimum absolute atomic E-state index is 0.0360. The molecule has 200 valence electrons. The number of aryl methyl sites for hydroxylation is 1. The number of methoxy groups -OCH3 is 1. The van der Waals surface area contributed by atoms with E-state index in [4.69, 9.17) is 9.47 Å². The fourth-order valence-electron chi connectivity index (χ4n) is 6.40. The van der Waals surface area contributed by atoms with E-state index in [0.29, 0.717) is 23.3 Å². The molecule has 1 fully saturated rings. The Bertz CT molecular complexity index is 1430. The lowest BCUT2D eigenvalue weighted by Crippen LogP contribution is -2.50. The van der Waals surface area contributed by atoms with Gasteiger partial charge in [-0.2, -0.15) is 0 Å². The first kappa shape index (κ1) is 26.5. The SMILES string of the molecule is COc1ccc([Si](C)(C)[C@H]2[C@H](C)[C@H](CCc3ccc(-n4[nH]c5ccccc5c4=O)cc3)O[C@@H]2CCO)cc1. The largest absolute Gasteiger partial charge is 0.497 e. The van der Waals surface area contributed by atoms with Crippen LogP contribution in [0.4, 0.5) is 0 Å². The highest BCUT2D eigenvalue weighted by Crippen LogP contribution is 2.46. The first-order valence-electron chi connectivity index (χ1n) is 13.5. The van der Waals surface area contributed by atoms with Crippen molar-refractivity contribution in [3.63, 3.8) is 0 Å². The van der Waals surface area contributed by atoms with Crippen LogP contribution in [0.3, 0.4) is 0 Å². The van der Waals surface area contributed by atoms with Gasteiger partial charge in [0.1, 0.15) is 5.75 Å². The number of H-pyrrole nitrogens is 1. The third kappa shape index (κ3) is 4.98. The Kier molecular flexibility index (Phi) is 7.61. The van der Waals surface area contributed by atoms with Gasteiger partial charge in [-0.05, 0) is 72.7 Å². The van der Waals surface area contributed by atoms with E-state index >= 15 is 0 Å². The Labute approximate surface area is 225 Å². The predicted molar refractivity (Wildman–Crippen MR) is 156 cm³/mol. The fraction of sp³-hybridized carbons (Fsp3) is 0.387. The van der Waals surface area contributed by atoms with E-state index in [1.807, 2.05) is 36.4 Å². The lowest BCUT2D eigenvalue weighted by atomic mass is 9.95. The molecule has 1 aliphatic heterocycles. The molecule has 1 aromatic heterocycles. The van der Waals surface area contributed by atoms with Crippen LogP contribution in [0, 0.1) is 5.92 Å². The second kappa shape index (κ2) is 10.9. The summed E-state index contributed by atoms with van der Waals surface area (Å²) < 4.78 is 13.6. The molecule has 0 aliphatic carbocycles. The van der Waals surface area contributed by atoms with E-state index in [0.717, 1.165) is 29.8 Å². The first-order chi connectivity index (χ1) is 18.3. The summed E-state index contributed by atoms with van der Waals surface area (Å²) in [5.41, 5.74) is 3.27. The number of aliphatic hydroxyl groups is 1. The number of para-hydroxylation sites is 1. The summed E-state index contributed by atoms with van der Waals surface area (Å²) in [6.45, 7) is 7.33. The van der Waals surface area contributed by atoms with Gasteiger partial charge < -0.3 is 14.6 Å². The highest BCUT2D eigenvalue weighted by atomic mass is 28.3. The van der Waals surface area contributed by atoms with Crippen molar-refractivity contribution in [3.05, 3.63) is 88.7 Å². The molecule has 0 bridgehead atoms. The predicted octanol–water partition coefficient (Wildman–Crippen LogP) is 5.03. The average Bonchev–Trinajstić information content (AvgIpc) is 3.44. The van der Waals surface area contributed by atoms with Gasteiger partial charge >= 0.3 is 0 Å². The van der Waals surface area contributed by atoms with Crippen molar-refractivity contribution in [3.8, 4) is 11.4 Å². The Morgan fingerprint density at radius 1 is 0.974 bits per heavy atom. The molecule has 0 spiro atoms. The lowest BCUT2D eigenvalue weighted by molar-refractivity contribution is 0.0196. The molecule has 4 aromatic rings. The smallest absolute Gasteiger partial charge is 0.279 e. The van der Waals surface area contributed by atoms with Gasteiger partial charge in [0.2, 0.25) is 0 Å². The van der Waals surface area contributed by atoms with Crippen molar-refractivity contribution in [2.75, 3.05) is 13.7 Å². The Hall–Kier alpha value is -3.13. The van der Waals surface area contributed by atoms with E-state index in [-0.39, 0.29) is 24.4 Å². The van der Waals surface area contributed by atoms with Gasteiger partial charge in [-0.25, -0.2) is 4.68 Å². The van der Waals surface area contributed by atoms with Crippen LogP contribution in [0.1, 0.15) is 25.3 Å². The van der Waals surface area contributed by atoms with Crippen LogP contribution < -0.4 is 15.5 Å². The molecule has 0 radical (unpaired) electrons. The quantitative estimate of drug-likeness (QED) is 0.298. The monoisotopic (exact) mass is 530 g/mol. The molecule has 0 amide bonds.